The van der Waals surface area contributed by atoms with Crippen LogP contribution in [0.25, 0.3) is 0 Å². The molecule has 0 heterocycles. The minimum Gasteiger partial charge on any atom is -0.492 e. The highest BCUT2D eigenvalue weighted by atomic mass is 35.7. The fourth-order valence-corrected chi connectivity index (χ4v) is 1.39. The van der Waals surface area contributed by atoms with Gasteiger partial charge in [0.25, 0.3) is 0 Å². The van der Waals surface area contributed by atoms with Crippen LogP contribution in [0.5, 0.6) is 5.75 Å². The third-order valence-electron chi connectivity index (χ3n) is 1.56. The van der Waals surface area contributed by atoms with Crippen molar-refractivity contribution < 1.29 is 13.2 Å². The average molecular weight is 246 g/mol. The molecule has 0 N–H and O–H groups in total. The van der Waals surface area contributed by atoms with Gasteiger partial charge in [0.2, 0.25) is 9.05 Å². The third kappa shape index (κ3) is 4.68. The number of nitriles is 1. The van der Waals surface area contributed by atoms with Gasteiger partial charge in [-0.05, 0) is 18.2 Å². The van der Waals surface area contributed by atoms with Gasteiger partial charge in [-0.1, -0.05) is 6.07 Å². The van der Waals surface area contributed by atoms with Crippen molar-refractivity contribution >= 4 is 19.7 Å². The first-order chi connectivity index (χ1) is 7.01. The van der Waals surface area contributed by atoms with Crippen molar-refractivity contribution in [2.45, 2.75) is 0 Å². The average Bonchev–Trinajstić information content (AvgIpc) is 2.16. The van der Waals surface area contributed by atoms with Crippen LogP contribution in [0.15, 0.2) is 24.3 Å². The number of rotatable bonds is 4. The van der Waals surface area contributed by atoms with Crippen molar-refractivity contribution in [2.24, 2.45) is 0 Å². The second-order valence-corrected chi connectivity index (χ2v) is 5.63. The summed E-state index contributed by atoms with van der Waals surface area (Å²) in [6, 6.07) is 8.40. The summed E-state index contributed by atoms with van der Waals surface area (Å²) in [6.07, 6.45) is 0. The van der Waals surface area contributed by atoms with Crippen LogP contribution >= 0.6 is 10.7 Å². The molecule has 1 rings (SSSR count). The predicted molar refractivity (Wildman–Crippen MR) is 56.3 cm³/mol. The Morgan fingerprint density at radius 3 is 2.80 bits per heavy atom. The Kier molecular flexibility index (Phi) is 3.95. The van der Waals surface area contributed by atoms with Crippen molar-refractivity contribution in [3.8, 4) is 11.8 Å². The number of hydrogen-bond acceptors (Lipinski definition) is 4. The topological polar surface area (TPSA) is 67.2 Å². The van der Waals surface area contributed by atoms with Crippen LogP contribution in [0.1, 0.15) is 5.56 Å². The van der Waals surface area contributed by atoms with E-state index in [1.807, 2.05) is 6.07 Å². The van der Waals surface area contributed by atoms with Gasteiger partial charge >= 0.3 is 0 Å². The van der Waals surface area contributed by atoms with Crippen LogP contribution in [0, 0.1) is 11.3 Å². The second-order valence-electron chi connectivity index (χ2n) is 2.73. The molecule has 0 saturated heterocycles. The zero-order valence-corrected chi connectivity index (χ0v) is 9.25. The summed E-state index contributed by atoms with van der Waals surface area (Å²) in [5, 5.41) is 8.59. The van der Waals surface area contributed by atoms with E-state index in [-0.39, 0.29) is 12.4 Å². The van der Waals surface area contributed by atoms with Crippen LogP contribution in [0.3, 0.4) is 0 Å². The monoisotopic (exact) mass is 245 g/mol. The van der Waals surface area contributed by atoms with Gasteiger partial charge in [-0.3, -0.25) is 0 Å². The molecule has 1 aromatic rings. The van der Waals surface area contributed by atoms with E-state index < -0.39 is 9.05 Å². The van der Waals surface area contributed by atoms with Crippen molar-refractivity contribution in [2.75, 3.05) is 12.4 Å². The Morgan fingerprint density at radius 2 is 2.20 bits per heavy atom. The highest BCUT2D eigenvalue weighted by molar-refractivity contribution is 8.13. The summed E-state index contributed by atoms with van der Waals surface area (Å²) in [7, 11) is 1.47. The van der Waals surface area contributed by atoms with Gasteiger partial charge in [0.15, 0.2) is 0 Å². The summed E-state index contributed by atoms with van der Waals surface area (Å²) in [6.45, 7) is -0.0271. The predicted octanol–water partition coefficient (Wildman–Crippen LogP) is 1.51. The normalized spacial score (nSPS) is 10.7. The molecule has 6 heteroatoms. The maximum Gasteiger partial charge on any atom is 0.235 e. The van der Waals surface area contributed by atoms with Gasteiger partial charge in [0.1, 0.15) is 12.4 Å². The molecule has 0 bridgehead atoms. The molecule has 0 unspecified atom stereocenters. The lowest BCUT2D eigenvalue weighted by Crippen LogP contribution is -2.08. The van der Waals surface area contributed by atoms with E-state index in [0.717, 1.165) is 0 Å². The molecule has 4 nitrogen and oxygen atoms in total. The molecular formula is C9H8ClNO3S. The van der Waals surface area contributed by atoms with Gasteiger partial charge < -0.3 is 4.74 Å². The first-order valence-electron chi connectivity index (χ1n) is 4.06. The highest BCUT2D eigenvalue weighted by Crippen LogP contribution is 2.12. The number of benzene rings is 1. The molecule has 0 aliphatic rings. The molecule has 15 heavy (non-hydrogen) atoms. The quantitative estimate of drug-likeness (QED) is 0.754. The van der Waals surface area contributed by atoms with Gasteiger partial charge in [-0.25, -0.2) is 8.42 Å². The Labute approximate surface area is 92.5 Å². The zero-order chi connectivity index (χ0) is 11.3. The second kappa shape index (κ2) is 5.01. The molecule has 1 aromatic carbocycles. The van der Waals surface area contributed by atoms with E-state index in [4.69, 9.17) is 20.7 Å². The molecule has 0 atom stereocenters. The summed E-state index contributed by atoms with van der Waals surface area (Å²) in [4.78, 5) is 0. The number of nitrogens with zero attached hydrogens (tertiary/aromatic N) is 1. The Balaban J connectivity index is 2.55. The number of hydrogen-bond donors (Lipinski definition) is 0. The summed E-state index contributed by atoms with van der Waals surface area (Å²) in [5.41, 5.74) is 0.459. The fourth-order valence-electron chi connectivity index (χ4n) is 0.914. The van der Waals surface area contributed by atoms with Crippen molar-refractivity contribution in [1.82, 2.24) is 0 Å². The zero-order valence-electron chi connectivity index (χ0n) is 7.68. The minimum atomic E-state index is -3.53. The van der Waals surface area contributed by atoms with Gasteiger partial charge in [0.05, 0.1) is 17.4 Å². The van der Waals surface area contributed by atoms with Crippen molar-refractivity contribution in [3.63, 3.8) is 0 Å². The third-order valence-corrected chi connectivity index (χ3v) is 2.68. The van der Waals surface area contributed by atoms with Crippen molar-refractivity contribution in [3.05, 3.63) is 29.8 Å². The maximum absolute atomic E-state index is 10.6. The molecule has 80 valence electrons. The fraction of sp³-hybridized carbons (Fsp3) is 0.222. The van der Waals surface area contributed by atoms with Crippen molar-refractivity contribution in [1.29, 1.82) is 5.26 Å². The van der Waals surface area contributed by atoms with Crippen LogP contribution in [0.4, 0.5) is 0 Å². The van der Waals surface area contributed by atoms with E-state index in [9.17, 15) is 8.42 Å². The lowest BCUT2D eigenvalue weighted by atomic mass is 10.2. The minimum absolute atomic E-state index is 0.0271. The van der Waals surface area contributed by atoms with E-state index in [2.05, 4.69) is 0 Å². The first kappa shape index (κ1) is 11.8. The van der Waals surface area contributed by atoms with Gasteiger partial charge in [-0.2, -0.15) is 5.26 Å². The molecule has 0 radical (unpaired) electrons. The van der Waals surface area contributed by atoms with Crippen LogP contribution in [-0.2, 0) is 9.05 Å². The Bertz CT molecular complexity index is 478. The number of ether oxygens (including phenoxy) is 1. The highest BCUT2D eigenvalue weighted by Gasteiger charge is 2.05. The number of halogens is 1. The molecule has 0 aromatic heterocycles. The summed E-state index contributed by atoms with van der Waals surface area (Å²) >= 11 is 0. The molecule has 0 aliphatic carbocycles. The van der Waals surface area contributed by atoms with E-state index >= 15 is 0 Å². The molecule has 0 fully saturated rings. The SMILES string of the molecule is N#Cc1cccc(OCCS(=O)(=O)Cl)c1. The standard InChI is InChI=1S/C9H8ClNO3S/c10-15(12,13)5-4-14-9-3-1-2-8(6-9)7-11/h1-3,6H,4-5H2. The Hall–Kier alpha value is -1.25. The van der Waals surface area contributed by atoms with Crippen LogP contribution in [-0.4, -0.2) is 20.8 Å². The molecule has 0 amide bonds. The largest absolute Gasteiger partial charge is 0.492 e. The van der Waals surface area contributed by atoms with E-state index in [1.54, 1.807) is 18.2 Å². The lowest BCUT2D eigenvalue weighted by molar-refractivity contribution is 0.341. The lowest BCUT2D eigenvalue weighted by Gasteiger charge is -2.04. The molecule has 0 spiro atoms. The smallest absolute Gasteiger partial charge is 0.235 e. The first-order valence-corrected chi connectivity index (χ1v) is 6.54. The Morgan fingerprint density at radius 1 is 1.47 bits per heavy atom. The van der Waals surface area contributed by atoms with Crippen LogP contribution < -0.4 is 4.74 Å². The van der Waals surface area contributed by atoms with E-state index in [1.165, 1.54) is 6.07 Å². The molecule has 0 aliphatic heterocycles. The van der Waals surface area contributed by atoms with Gasteiger partial charge in [-0.15, -0.1) is 0 Å². The van der Waals surface area contributed by atoms with Crippen LogP contribution in [0.2, 0.25) is 0 Å². The summed E-state index contributed by atoms with van der Waals surface area (Å²) < 4.78 is 26.3. The maximum atomic E-state index is 10.6. The van der Waals surface area contributed by atoms with Gasteiger partial charge in [0, 0.05) is 10.7 Å². The molecule has 0 saturated carbocycles. The van der Waals surface area contributed by atoms with E-state index in [0.29, 0.717) is 11.3 Å². The summed E-state index contributed by atoms with van der Waals surface area (Å²) in [5.74, 6) is 0.195. The molecular weight excluding hydrogens is 238 g/mol.